The van der Waals surface area contributed by atoms with E-state index in [0.717, 1.165) is 22.9 Å². The number of benzene rings is 2. The quantitative estimate of drug-likeness (QED) is 0.709. The Morgan fingerprint density at radius 3 is 2.43 bits per heavy atom. The van der Waals surface area contributed by atoms with Crippen molar-refractivity contribution in [3.8, 4) is 0 Å². The van der Waals surface area contributed by atoms with Gasteiger partial charge in [-0.05, 0) is 43.2 Å². The van der Waals surface area contributed by atoms with Crippen LogP contribution < -0.4 is 4.90 Å². The van der Waals surface area contributed by atoms with Gasteiger partial charge in [-0.15, -0.1) is 0 Å². The van der Waals surface area contributed by atoms with Crippen LogP contribution in [0.1, 0.15) is 21.5 Å². The molecule has 0 aliphatic heterocycles. The number of amides is 1. The summed E-state index contributed by atoms with van der Waals surface area (Å²) in [5.41, 5.74) is 2.82. The van der Waals surface area contributed by atoms with E-state index >= 15 is 0 Å². The summed E-state index contributed by atoms with van der Waals surface area (Å²) in [6, 6.07) is 8.09. The second kappa shape index (κ2) is 6.04. The van der Waals surface area contributed by atoms with Crippen LogP contribution in [-0.2, 0) is 0 Å². The number of anilines is 1. The van der Waals surface area contributed by atoms with Gasteiger partial charge in [0.15, 0.2) is 0 Å². The summed E-state index contributed by atoms with van der Waals surface area (Å²) >= 11 is 11.6. The number of hydrogen-bond donors (Lipinski definition) is 0. The van der Waals surface area contributed by atoms with Crippen LogP contribution in [0.4, 0.5) is 10.1 Å². The van der Waals surface area contributed by atoms with Crippen molar-refractivity contribution in [1.82, 2.24) is 0 Å². The Balaban J connectivity index is 2.44. The smallest absolute Gasteiger partial charge is 0.259 e. The molecule has 0 spiro atoms. The lowest BCUT2D eigenvalue weighted by Gasteiger charge is -2.21. The zero-order valence-corrected chi connectivity index (χ0v) is 13.4. The number of aryl methyl sites for hydroxylation is 2. The highest BCUT2D eigenvalue weighted by Crippen LogP contribution is 2.28. The van der Waals surface area contributed by atoms with Crippen LogP contribution in [0.5, 0.6) is 0 Å². The fourth-order valence-corrected chi connectivity index (χ4v) is 2.52. The Bertz CT molecular complexity index is 716. The molecule has 0 bridgehead atoms. The Labute approximate surface area is 133 Å². The average Bonchev–Trinajstić information content (AvgIpc) is 2.44. The molecule has 0 radical (unpaired) electrons. The third-order valence-corrected chi connectivity index (χ3v) is 3.87. The van der Waals surface area contributed by atoms with Crippen LogP contribution in [0.15, 0.2) is 30.3 Å². The van der Waals surface area contributed by atoms with E-state index in [2.05, 4.69) is 0 Å². The summed E-state index contributed by atoms with van der Waals surface area (Å²) in [7, 11) is 1.63. The van der Waals surface area contributed by atoms with Crippen molar-refractivity contribution in [2.45, 2.75) is 13.8 Å². The molecule has 0 heterocycles. The highest BCUT2D eigenvalue weighted by atomic mass is 35.5. The van der Waals surface area contributed by atoms with Gasteiger partial charge in [-0.25, -0.2) is 4.39 Å². The van der Waals surface area contributed by atoms with Crippen molar-refractivity contribution in [2.75, 3.05) is 11.9 Å². The molecule has 0 saturated carbocycles. The van der Waals surface area contributed by atoms with E-state index < -0.39 is 5.82 Å². The molecule has 0 aliphatic rings. The monoisotopic (exact) mass is 325 g/mol. The Hall–Kier alpha value is -1.58. The minimum absolute atomic E-state index is 0.0852. The van der Waals surface area contributed by atoms with Crippen LogP contribution in [0.2, 0.25) is 10.0 Å². The number of carbonyl (C=O) groups excluding carboxylic acids is 1. The first kappa shape index (κ1) is 15.8. The molecule has 21 heavy (non-hydrogen) atoms. The van der Waals surface area contributed by atoms with E-state index in [4.69, 9.17) is 23.2 Å². The molecule has 2 aromatic rings. The van der Waals surface area contributed by atoms with Crippen molar-refractivity contribution in [2.24, 2.45) is 0 Å². The predicted molar refractivity (Wildman–Crippen MR) is 85.1 cm³/mol. The van der Waals surface area contributed by atoms with E-state index in [1.807, 2.05) is 32.0 Å². The highest BCUT2D eigenvalue weighted by Gasteiger charge is 2.20. The number of halogens is 3. The highest BCUT2D eigenvalue weighted by molar-refractivity contribution is 6.37. The molecule has 0 fully saturated rings. The molecule has 0 unspecified atom stereocenters. The maximum atomic E-state index is 13.6. The van der Waals surface area contributed by atoms with Crippen molar-refractivity contribution >= 4 is 34.8 Å². The average molecular weight is 326 g/mol. The van der Waals surface area contributed by atoms with Gasteiger partial charge in [0.25, 0.3) is 5.91 Å². The van der Waals surface area contributed by atoms with Gasteiger partial charge < -0.3 is 4.90 Å². The zero-order valence-electron chi connectivity index (χ0n) is 11.9. The number of rotatable bonds is 2. The van der Waals surface area contributed by atoms with Gasteiger partial charge in [-0.1, -0.05) is 35.3 Å². The third kappa shape index (κ3) is 3.20. The SMILES string of the molecule is Cc1ccc(C)c(N(C)C(=O)c2cc(F)c(Cl)cc2Cl)c1. The molecule has 2 aromatic carbocycles. The molecule has 110 valence electrons. The molecule has 0 N–H and O–H groups in total. The summed E-state index contributed by atoms with van der Waals surface area (Å²) in [6.45, 7) is 3.85. The summed E-state index contributed by atoms with van der Waals surface area (Å²) < 4.78 is 13.6. The van der Waals surface area contributed by atoms with Crippen LogP contribution >= 0.6 is 23.2 Å². The van der Waals surface area contributed by atoms with E-state index in [-0.39, 0.29) is 21.5 Å². The Morgan fingerprint density at radius 1 is 1.10 bits per heavy atom. The molecule has 0 atom stereocenters. The van der Waals surface area contributed by atoms with Crippen LogP contribution in [0, 0.1) is 19.7 Å². The predicted octanol–water partition coefficient (Wildman–Crippen LogP) is 5.03. The number of carbonyl (C=O) groups is 1. The molecule has 1 amide bonds. The first-order valence-corrected chi connectivity index (χ1v) is 7.06. The maximum absolute atomic E-state index is 13.6. The molecule has 0 aromatic heterocycles. The minimum Gasteiger partial charge on any atom is -0.311 e. The van der Waals surface area contributed by atoms with E-state index in [1.54, 1.807) is 7.05 Å². The summed E-state index contributed by atoms with van der Waals surface area (Å²) in [5, 5.41) is 0.0227. The number of hydrogen-bond acceptors (Lipinski definition) is 1. The van der Waals surface area contributed by atoms with Gasteiger partial charge >= 0.3 is 0 Å². The van der Waals surface area contributed by atoms with Gasteiger partial charge in [0.05, 0.1) is 15.6 Å². The van der Waals surface area contributed by atoms with E-state index in [9.17, 15) is 9.18 Å². The van der Waals surface area contributed by atoms with Crippen LogP contribution in [0.25, 0.3) is 0 Å². The summed E-state index contributed by atoms with van der Waals surface area (Å²) in [5.74, 6) is -1.05. The Morgan fingerprint density at radius 2 is 1.76 bits per heavy atom. The van der Waals surface area contributed by atoms with Crippen molar-refractivity contribution < 1.29 is 9.18 Å². The molecule has 0 aliphatic carbocycles. The summed E-state index contributed by atoms with van der Waals surface area (Å²) in [6.07, 6.45) is 0. The fourth-order valence-electron chi connectivity index (χ4n) is 2.06. The maximum Gasteiger partial charge on any atom is 0.259 e. The topological polar surface area (TPSA) is 20.3 Å². The lowest BCUT2D eigenvalue weighted by molar-refractivity contribution is 0.0992. The molecule has 0 saturated heterocycles. The summed E-state index contributed by atoms with van der Waals surface area (Å²) in [4.78, 5) is 14.0. The molecular formula is C16H14Cl2FNO. The normalized spacial score (nSPS) is 10.6. The first-order chi connectivity index (χ1) is 9.81. The van der Waals surface area contributed by atoms with Crippen molar-refractivity contribution in [3.63, 3.8) is 0 Å². The van der Waals surface area contributed by atoms with Gasteiger partial charge in [0.2, 0.25) is 0 Å². The first-order valence-electron chi connectivity index (χ1n) is 6.31. The van der Waals surface area contributed by atoms with Gasteiger partial charge in [0, 0.05) is 12.7 Å². The molecule has 2 rings (SSSR count). The van der Waals surface area contributed by atoms with Crippen molar-refractivity contribution in [3.05, 3.63) is 62.9 Å². The fraction of sp³-hybridized carbons (Fsp3) is 0.188. The van der Waals surface area contributed by atoms with E-state index in [1.165, 1.54) is 11.0 Å². The largest absolute Gasteiger partial charge is 0.311 e. The minimum atomic E-state index is -0.668. The van der Waals surface area contributed by atoms with Crippen LogP contribution in [-0.4, -0.2) is 13.0 Å². The molecular weight excluding hydrogens is 312 g/mol. The van der Waals surface area contributed by atoms with Gasteiger partial charge in [-0.3, -0.25) is 4.79 Å². The molecule has 2 nitrogen and oxygen atoms in total. The van der Waals surface area contributed by atoms with Crippen molar-refractivity contribution in [1.29, 1.82) is 0 Å². The van der Waals surface area contributed by atoms with Gasteiger partial charge in [-0.2, -0.15) is 0 Å². The Kier molecular flexibility index (Phi) is 4.55. The second-order valence-corrected chi connectivity index (χ2v) is 5.71. The van der Waals surface area contributed by atoms with Gasteiger partial charge in [0.1, 0.15) is 5.82 Å². The van der Waals surface area contributed by atoms with Crippen LogP contribution in [0.3, 0.4) is 0 Å². The van der Waals surface area contributed by atoms with E-state index in [0.29, 0.717) is 0 Å². The lowest BCUT2D eigenvalue weighted by atomic mass is 10.1. The second-order valence-electron chi connectivity index (χ2n) is 4.90. The standard InChI is InChI=1S/C16H14Cl2FNO/c1-9-4-5-10(2)15(6-9)20(3)16(21)11-7-14(19)13(18)8-12(11)17/h4-8H,1-3H3. The number of nitrogens with zero attached hydrogens (tertiary/aromatic N) is 1. The lowest BCUT2D eigenvalue weighted by Crippen LogP contribution is -2.27. The third-order valence-electron chi connectivity index (χ3n) is 3.27. The molecule has 5 heteroatoms. The zero-order chi connectivity index (χ0) is 15.7.